The van der Waals surface area contributed by atoms with E-state index in [9.17, 15) is 4.79 Å². The van der Waals surface area contributed by atoms with Crippen LogP contribution in [0.3, 0.4) is 0 Å². The second-order valence-electron chi connectivity index (χ2n) is 5.95. The van der Waals surface area contributed by atoms with E-state index in [1.807, 2.05) is 30.3 Å². The number of fused-ring (bicyclic) bond motifs is 2. The highest BCUT2D eigenvalue weighted by Gasteiger charge is 2.18. The van der Waals surface area contributed by atoms with Gasteiger partial charge in [0.05, 0.1) is 31.1 Å². The first-order chi connectivity index (χ1) is 11.8. The zero-order chi connectivity index (χ0) is 16.5. The molecular weight excluding hydrogens is 342 g/mol. The first kappa shape index (κ1) is 17.7. The predicted molar refractivity (Wildman–Crippen MR) is 99.9 cm³/mol. The van der Waals surface area contributed by atoms with Gasteiger partial charge in [-0.2, -0.15) is 0 Å². The third-order valence-corrected chi connectivity index (χ3v) is 4.48. The van der Waals surface area contributed by atoms with E-state index in [0.29, 0.717) is 27.7 Å². The largest absolute Gasteiger partial charge is 0.492 e. The predicted octanol–water partition coefficient (Wildman–Crippen LogP) is 3.21. The van der Waals surface area contributed by atoms with Crippen molar-refractivity contribution in [1.29, 1.82) is 0 Å². The standard InChI is InChI=1S/C19H19NO4.ClH/c1-22-18-13(12-20-8-10-23-11-9-20)6-7-15-17(21)14-4-2-3-5-16(14)24-19(15)18;/h2-7H,8-12H2,1H3;1H. The molecule has 0 radical (unpaired) electrons. The topological polar surface area (TPSA) is 51.9 Å². The minimum absolute atomic E-state index is 0. The Morgan fingerprint density at radius 1 is 1.08 bits per heavy atom. The zero-order valence-corrected chi connectivity index (χ0v) is 14.8. The lowest BCUT2D eigenvalue weighted by Gasteiger charge is -2.27. The quantitative estimate of drug-likeness (QED) is 0.670. The van der Waals surface area contributed by atoms with Crippen LogP contribution in [0.5, 0.6) is 5.75 Å². The summed E-state index contributed by atoms with van der Waals surface area (Å²) in [6.07, 6.45) is 0. The fourth-order valence-corrected chi connectivity index (χ4v) is 3.23. The van der Waals surface area contributed by atoms with Crippen molar-refractivity contribution in [1.82, 2.24) is 4.90 Å². The summed E-state index contributed by atoms with van der Waals surface area (Å²) in [5.41, 5.74) is 2.09. The molecule has 1 fully saturated rings. The third kappa shape index (κ3) is 3.23. The first-order valence-electron chi connectivity index (χ1n) is 8.09. The van der Waals surface area contributed by atoms with Crippen molar-refractivity contribution in [3.05, 3.63) is 52.2 Å². The molecule has 0 saturated carbocycles. The lowest BCUT2D eigenvalue weighted by molar-refractivity contribution is 0.0339. The maximum Gasteiger partial charge on any atom is 0.200 e. The number of rotatable bonds is 3. The average Bonchev–Trinajstić information content (AvgIpc) is 2.63. The van der Waals surface area contributed by atoms with Crippen LogP contribution in [-0.2, 0) is 11.3 Å². The van der Waals surface area contributed by atoms with Crippen LogP contribution in [0.4, 0.5) is 0 Å². The van der Waals surface area contributed by atoms with Gasteiger partial charge in [-0.1, -0.05) is 18.2 Å². The van der Waals surface area contributed by atoms with Crippen molar-refractivity contribution in [3.63, 3.8) is 0 Å². The van der Waals surface area contributed by atoms with Crippen LogP contribution in [0.1, 0.15) is 5.56 Å². The second-order valence-corrected chi connectivity index (χ2v) is 5.95. The molecule has 25 heavy (non-hydrogen) atoms. The highest BCUT2D eigenvalue weighted by molar-refractivity contribution is 5.93. The maximum atomic E-state index is 12.7. The van der Waals surface area contributed by atoms with E-state index in [0.717, 1.165) is 38.4 Å². The molecule has 1 aliphatic heterocycles. The van der Waals surface area contributed by atoms with Crippen LogP contribution >= 0.6 is 12.4 Å². The van der Waals surface area contributed by atoms with Crippen molar-refractivity contribution in [2.75, 3.05) is 33.4 Å². The molecule has 3 aromatic rings. The third-order valence-electron chi connectivity index (χ3n) is 4.48. The Morgan fingerprint density at radius 2 is 1.84 bits per heavy atom. The van der Waals surface area contributed by atoms with Crippen LogP contribution in [-0.4, -0.2) is 38.3 Å². The summed E-state index contributed by atoms with van der Waals surface area (Å²) in [6, 6.07) is 11.1. The Labute approximate surface area is 151 Å². The van der Waals surface area contributed by atoms with E-state index in [-0.39, 0.29) is 17.8 Å². The minimum Gasteiger partial charge on any atom is -0.492 e. The van der Waals surface area contributed by atoms with Gasteiger partial charge in [0, 0.05) is 25.2 Å². The van der Waals surface area contributed by atoms with Gasteiger partial charge in [0.25, 0.3) is 0 Å². The number of hydrogen-bond acceptors (Lipinski definition) is 5. The smallest absolute Gasteiger partial charge is 0.200 e. The number of hydrogen-bond donors (Lipinski definition) is 0. The second kappa shape index (κ2) is 7.44. The van der Waals surface area contributed by atoms with Gasteiger partial charge in [0.2, 0.25) is 5.43 Å². The van der Waals surface area contributed by atoms with Gasteiger partial charge in [0.1, 0.15) is 5.58 Å². The fourth-order valence-electron chi connectivity index (χ4n) is 3.23. The van der Waals surface area contributed by atoms with E-state index >= 15 is 0 Å². The van der Waals surface area contributed by atoms with Gasteiger partial charge in [-0.05, 0) is 18.2 Å². The molecule has 0 N–H and O–H groups in total. The van der Waals surface area contributed by atoms with Gasteiger partial charge in [0.15, 0.2) is 11.3 Å². The van der Waals surface area contributed by atoms with E-state index in [1.54, 1.807) is 13.2 Å². The summed E-state index contributed by atoms with van der Waals surface area (Å²) in [6.45, 7) is 4.02. The highest BCUT2D eigenvalue weighted by Crippen LogP contribution is 2.31. The monoisotopic (exact) mass is 361 g/mol. The van der Waals surface area contributed by atoms with Crippen molar-refractivity contribution in [2.45, 2.75) is 6.54 Å². The molecule has 0 atom stereocenters. The number of halogens is 1. The van der Waals surface area contributed by atoms with Crippen LogP contribution < -0.4 is 10.2 Å². The lowest BCUT2D eigenvalue weighted by atomic mass is 10.1. The number of nitrogens with zero attached hydrogens (tertiary/aromatic N) is 1. The van der Waals surface area contributed by atoms with Gasteiger partial charge in [-0.3, -0.25) is 9.69 Å². The molecule has 132 valence electrons. The van der Waals surface area contributed by atoms with Crippen molar-refractivity contribution in [2.24, 2.45) is 0 Å². The summed E-state index contributed by atoms with van der Waals surface area (Å²) >= 11 is 0. The molecule has 5 nitrogen and oxygen atoms in total. The number of ether oxygens (including phenoxy) is 2. The Hall–Kier alpha value is -2.08. The van der Waals surface area contributed by atoms with Crippen LogP contribution in [0.15, 0.2) is 45.6 Å². The summed E-state index contributed by atoms with van der Waals surface area (Å²) < 4.78 is 17.0. The molecule has 0 amide bonds. The van der Waals surface area contributed by atoms with Crippen molar-refractivity contribution >= 4 is 34.3 Å². The van der Waals surface area contributed by atoms with E-state index in [1.165, 1.54) is 0 Å². The molecule has 2 aromatic carbocycles. The zero-order valence-electron chi connectivity index (χ0n) is 14.0. The van der Waals surface area contributed by atoms with E-state index in [4.69, 9.17) is 13.9 Å². The molecular formula is C19H20ClNO4. The number of para-hydroxylation sites is 1. The average molecular weight is 362 g/mol. The number of methoxy groups -OCH3 is 1. The Kier molecular flexibility index (Phi) is 5.27. The van der Waals surface area contributed by atoms with Gasteiger partial charge in [-0.15, -0.1) is 12.4 Å². The summed E-state index contributed by atoms with van der Waals surface area (Å²) in [5, 5.41) is 1.14. The molecule has 0 unspecified atom stereocenters. The SMILES string of the molecule is COc1c(CN2CCOCC2)ccc2c(=O)c3ccccc3oc12.Cl. The molecule has 0 bridgehead atoms. The van der Waals surface area contributed by atoms with Crippen LogP contribution in [0, 0.1) is 0 Å². The van der Waals surface area contributed by atoms with Crippen molar-refractivity contribution < 1.29 is 13.9 Å². The van der Waals surface area contributed by atoms with Crippen molar-refractivity contribution in [3.8, 4) is 5.75 Å². The van der Waals surface area contributed by atoms with Crippen LogP contribution in [0.2, 0.25) is 0 Å². The molecule has 1 aromatic heterocycles. The minimum atomic E-state index is -0.0249. The lowest BCUT2D eigenvalue weighted by Crippen LogP contribution is -2.35. The van der Waals surface area contributed by atoms with Gasteiger partial charge >= 0.3 is 0 Å². The summed E-state index contributed by atoms with van der Waals surface area (Å²) in [4.78, 5) is 15.0. The first-order valence-corrected chi connectivity index (χ1v) is 8.09. The molecule has 1 saturated heterocycles. The van der Waals surface area contributed by atoms with E-state index in [2.05, 4.69) is 4.90 Å². The normalized spacial score (nSPS) is 15.2. The Bertz CT molecular complexity index is 947. The summed E-state index contributed by atoms with van der Waals surface area (Å²) in [7, 11) is 1.62. The number of benzene rings is 2. The molecule has 0 aliphatic carbocycles. The van der Waals surface area contributed by atoms with Gasteiger partial charge in [-0.25, -0.2) is 0 Å². The molecule has 6 heteroatoms. The van der Waals surface area contributed by atoms with Crippen LogP contribution in [0.25, 0.3) is 21.9 Å². The highest BCUT2D eigenvalue weighted by atomic mass is 35.5. The number of morpholine rings is 1. The molecule has 2 heterocycles. The summed E-state index contributed by atoms with van der Waals surface area (Å²) in [5.74, 6) is 0.641. The van der Waals surface area contributed by atoms with E-state index < -0.39 is 0 Å². The Morgan fingerprint density at radius 3 is 2.60 bits per heavy atom. The molecule has 0 spiro atoms. The maximum absolute atomic E-state index is 12.7. The Balaban J connectivity index is 0.00000182. The fraction of sp³-hybridized carbons (Fsp3) is 0.316. The molecule has 1 aliphatic rings. The molecule has 4 rings (SSSR count). The van der Waals surface area contributed by atoms with Gasteiger partial charge < -0.3 is 13.9 Å².